The molecule has 0 radical (unpaired) electrons. The average molecular weight is 431 g/mol. The second kappa shape index (κ2) is 7.39. The number of hydrogen-bond acceptors (Lipinski definition) is 4. The van der Waals surface area contributed by atoms with Crippen LogP contribution in [0, 0.1) is 0 Å². The topological polar surface area (TPSA) is 55.8 Å². The summed E-state index contributed by atoms with van der Waals surface area (Å²) in [6.45, 7) is 6.06. The Morgan fingerprint density at radius 2 is 1.78 bits per heavy atom. The Morgan fingerprint density at radius 1 is 1.07 bits per heavy atom. The van der Waals surface area contributed by atoms with Crippen molar-refractivity contribution in [3.05, 3.63) is 63.1 Å². The highest BCUT2D eigenvalue weighted by Crippen LogP contribution is 2.42. The predicted octanol–water partition coefficient (Wildman–Crippen LogP) is 5.46. The number of esters is 1. The van der Waals surface area contributed by atoms with Crippen LogP contribution in [0.25, 0.3) is 5.57 Å². The SMILES string of the molecule is COC(=O)c1cc(O)ccc1C1=C(Br)CCc2cc(OC(C)(C)C)ccc21. The summed E-state index contributed by atoms with van der Waals surface area (Å²) in [5.41, 5.74) is 3.96. The summed E-state index contributed by atoms with van der Waals surface area (Å²) in [6.07, 6.45) is 1.70. The molecule has 0 bridgehead atoms. The van der Waals surface area contributed by atoms with Crippen LogP contribution in [-0.4, -0.2) is 23.8 Å². The third-order valence-electron chi connectivity index (χ3n) is 4.33. The Morgan fingerprint density at radius 3 is 2.44 bits per heavy atom. The third kappa shape index (κ3) is 4.19. The molecule has 0 fully saturated rings. The Hall–Kier alpha value is -2.27. The molecule has 0 amide bonds. The van der Waals surface area contributed by atoms with Gasteiger partial charge in [-0.1, -0.05) is 22.0 Å². The number of fused-ring (bicyclic) bond motifs is 1. The van der Waals surface area contributed by atoms with Gasteiger partial charge in [-0.05, 0) is 80.6 Å². The first-order chi connectivity index (χ1) is 12.7. The summed E-state index contributed by atoms with van der Waals surface area (Å²) in [5.74, 6) is 0.381. The van der Waals surface area contributed by atoms with Crippen LogP contribution in [0.5, 0.6) is 11.5 Å². The molecule has 0 spiro atoms. The number of ether oxygens (including phenoxy) is 2. The highest BCUT2D eigenvalue weighted by atomic mass is 79.9. The van der Waals surface area contributed by atoms with Crippen LogP contribution < -0.4 is 4.74 Å². The van der Waals surface area contributed by atoms with Gasteiger partial charge in [0.1, 0.15) is 17.1 Å². The number of carbonyl (C=O) groups excluding carboxylic acids is 1. The molecule has 0 unspecified atom stereocenters. The lowest BCUT2D eigenvalue weighted by atomic mass is 9.85. The number of phenols is 1. The van der Waals surface area contributed by atoms with E-state index in [9.17, 15) is 9.90 Å². The van der Waals surface area contributed by atoms with E-state index in [4.69, 9.17) is 9.47 Å². The maximum absolute atomic E-state index is 12.3. The van der Waals surface area contributed by atoms with E-state index in [1.165, 1.54) is 18.7 Å². The van der Waals surface area contributed by atoms with Gasteiger partial charge in [-0.15, -0.1) is 0 Å². The lowest BCUT2D eigenvalue weighted by Gasteiger charge is -2.25. The molecular formula is C22H23BrO4. The van der Waals surface area contributed by atoms with E-state index in [-0.39, 0.29) is 11.4 Å². The molecule has 27 heavy (non-hydrogen) atoms. The fourth-order valence-corrected chi connectivity index (χ4v) is 3.90. The van der Waals surface area contributed by atoms with E-state index in [0.717, 1.165) is 39.8 Å². The number of benzene rings is 2. The first-order valence-corrected chi connectivity index (χ1v) is 9.61. The van der Waals surface area contributed by atoms with Gasteiger partial charge in [0.05, 0.1) is 12.7 Å². The van der Waals surface area contributed by atoms with Gasteiger partial charge in [0.2, 0.25) is 0 Å². The minimum atomic E-state index is -0.478. The van der Waals surface area contributed by atoms with Crippen molar-refractivity contribution < 1.29 is 19.4 Å². The summed E-state index contributed by atoms with van der Waals surface area (Å²) < 4.78 is 11.9. The van der Waals surface area contributed by atoms with Crippen LogP contribution in [0.15, 0.2) is 40.9 Å². The number of carbonyl (C=O) groups is 1. The van der Waals surface area contributed by atoms with E-state index in [1.54, 1.807) is 12.1 Å². The molecule has 3 rings (SSSR count). The Bertz CT molecular complexity index is 922. The predicted molar refractivity (Wildman–Crippen MR) is 110 cm³/mol. The van der Waals surface area contributed by atoms with Gasteiger partial charge in [0.15, 0.2) is 0 Å². The first-order valence-electron chi connectivity index (χ1n) is 8.82. The molecule has 0 heterocycles. The molecule has 1 aliphatic carbocycles. The Balaban J connectivity index is 2.12. The van der Waals surface area contributed by atoms with Gasteiger partial charge in [-0.3, -0.25) is 0 Å². The highest BCUT2D eigenvalue weighted by molar-refractivity contribution is 9.11. The van der Waals surface area contributed by atoms with Crippen molar-refractivity contribution in [2.45, 2.75) is 39.2 Å². The third-order valence-corrected chi connectivity index (χ3v) is 5.13. The molecule has 0 saturated heterocycles. The lowest BCUT2D eigenvalue weighted by Crippen LogP contribution is -2.23. The molecule has 2 aromatic carbocycles. The second-order valence-electron chi connectivity index (χ2n) is 7.53. The van der Waals surface area contributed by atoms with E-state index in [1.807, 2.05) is 32.9 Å². The van der Waals surface area contributed by atoms with Crippen molar-refractivity contribution in [2.24, 2.45) is 0 Å². The summed E-state index contributed by atoms with van der Waals surface area (Å²) in [4.78, 5) is 12.3. The molecule has 0 aromatic heterocycles. The number of halogens is 1. The van der Waals surface area contributed by atoms with Crippen LogP contribution in [0.3, 0.4) is 0 Å². The number of methoxy groups -OCH3 is 1. The van der Waals surface area contributed by atoms with Crippen molar-refractivity contribution in [2.75, 3.05) is 7.11 Å². The van der Waals surface area contributed by atoms with Crippen LogP contribution in [-0.2, 0) is 11.2 Å². The number of rotatable bonds is 3. The van der Waals surface area contributed by atoms with E-state index < -0.39 is 5.97 Å². The van der Waals surface area contributed by atoms with Gasteiger partial charge < -0.3 is 14.6 Å². The van der Waals surface area contributed by atoms with Crippen molar-refractivity contribution in [1.29, 1.82) is 0 Å². The number of hydrogen-bond donors (Lipinski definition) is 1. The molecule has 1 aliphatic rings. The molecule has 0 aliphatic heterocycles. The molecule has 0 atom stereocenters. The minimum absolute atomic E-state index is 0.0285. The zero-order valence-electron chi connectivity index (χ0n) is 15.9. The summed E-state index contributed by atoms with van der Waals surface area (Å²) in [6, 6.07) is 10.8. The standard InChI is InChI=1S/C22H23BrO4/c1-22(2,3)27-15-7-9-16-13(11-15)5-10-19(23)20(16)17-8-6-14(24)12-18(17)21(25)26-4/h6-9,11-12,24H,5,10H2,1-4H3. The summed E-state index contributed by atoms with van der Waals surface area (Å²) in [5, 5.41) is 9.83. The Kier molecular flexibility index (Phi) is 5.33. The molecular weight excluding hydrogens is 408 g/mol. The fourth-order valence-electron chi connectivity index (χ4n) is 3.27. The van der Waals surface area contributed by atoms with Crippen molar-refractivity contribution in [3.63, 3.8) is 0 Å². The number of phenolic OH excluding ortho intramolecular Hbond substituents is 1. The molecule has 4 nitrogen and oxygen atoms in total. The van der Waals surface area contributed by atoms with Crippen LogP contribution in [0.4, 0.5) is 0 Å². The summed E-state index contributed by atoms with van der Waals surface area (Å²) in [7, 11) is 1.34. The lowest BCUT2D eigenvalue weighted by molar-refractivity contribution is 0.0600. The van der Waals surface area contributed by atoms with Gasteiger partial charge >= 0.3 is 5.97 Å². The summed E-state index contributed by atoms with van der Waals surface area (Å²) >= 11 is 3.69. The largest absolute Gasteiger partial charge is 0.508 e. The monoisotopic (exact) mass is 430 g/mol. The van der Waals surface area contributed by atoms with Gasteiger partial charge in [0.25, 0.3) is 0 Å². The highest BCUT2D eigenvalue weighted by Gasteiger charge is 2.25. The normalized spacial score (nSPS) is 14.0. The van der Waals surface area contributed by atoms with Crippen LogP contribution in [0.2, 0.25) is 0 Å². The molecule has 2 aromatic rings. The van der Waals surface area contributed by atoms with Crippen LogP contribution in [0.1, 0.15) is 54.2 Å². The molecule has 1 N–H and O–H groups in total. The zero-order valence-corrected chi connectivity index (χ0v) is 17.5. The van der Waals surface area contributed by atoms with Crippen LogP contribution >= 0.6 is 15.9 Å². The number of aryl methyl sites for hydroxylation is 1. The quantitative estimate of drug-likeness (QED) is 0.656. The van der Waals surface area contributed by atoms with Crippen molar-refractivity contribution in [1.82, 2.24) is 0 Å². The van der Waals surface area contributed by atoms with E-state index >= 15 is 0 Å². The fraction of sp³-hybridized carbons (Fsp3) is 0.318. The molecule has 0 saturated carbocycles. The second-order valence-corrected chi connectivity index (χ2v) is 8.49. The maximum atomic E-state index is 12.3. The van der Waals surface area contributed by atoms with E-state index in [2.05, 4.69) is 22.0 Å². The van der Waals surface area contributed by atoms with E-state index in [0.29, 0.717) is 5.56 Å². The van der Waals surface area contributed by atoms with Gasteiger partial charge in [-0.2, -0.15) is 0 Å². The van der Waals surface area contributed by atoms with Crippen molar-refractivity contribution in [3.8, 4) is 11.5 Å². The van der Waals surface area contributed by atoms with Gasteiger partial charge in [0, 0.05) is 10.1 Å². The van der Waals surface area contributed by atoms with Gasteiger partial charge in [-0.25, -0.2) is 4.79 Å². The average Bonchev–Trinajstić information content (AvgIpc) is 2.60. The number of aromatic hydroxyl groups is 1. The Labute approximate surface area is 167 Å². The number of allylic oxidation sites excluding steroid dienone is 1. The first kappa shape index (κ1) is 19.5. The smallest absolute Gasteiger partial charge is 0.338 e. The maximum Gasteiger partial charge on any atom is 0.338 e. The molecule has 142 valence electrons. The van der Waals surface area contributed by atoms with Crippen molar-refractivity contribution >= 4 is 27.5 Å². The molecule has 5 heteroatoms. The minimum Gasteiger partial charge on any atom is -0.508 e. The zero-order chi connectivity index (χ0) is 19.8.